The molecule has 2 aromatic heterocycles. The molecule has 3 saturated heterocycles. The van der Waals surface area contributed by atoms with E-state index in [4.69, 9.17) is 14.7 Å². The topological polar surface area (TPSA) is 116 Å². The number of likely N-dealkylation sites (tertiary alicyclic amines) is 3. The van der Waals surface area contributed by atoms with Gasteiger partial charge < -0.3 is 34.2 Å². The molecule has 5 fully saturated rings. The summed E-state index contributed by atoms with van der Waals surface area (Å²) >= 11 is 0. The maximum Gasteiger partial charge on any atom is 0.410 e. The fraction of sp³-hybridized carbons (Fsp3) is 0.667. The number of nitrogens with zero attached hydrogens (tertiary/aromatic N) is 7. The second-order valence-corrected chi connectivity index (χ2v) is 19.6. The van der Waals surface area contributed by atoms with Gasteiger partial charge in [0.2, 0.25) is 11.8 Å². The van der Waals surface area contributed by atoms with Gasteiger partial charge in [-0.2, -0.15) is 0 Å². The number of rotatable bonds is 7. The van der Waals surface area contributed by atoms with Crippen molar-refractivity contribution in [2.75, 3.05) is 49.5 Å². The lowest BCUT2D eigenvalue weighted by molar-refractivity contribution is -0.147. The van der Waals surface area contributed by atoms with Gasteiger partial charge in [0, 0.05) is 67.0 Å². The minimum absolute atomic E-state index is 0.138. The molecule has 57 heavy (non-hydrogen) atoms. The number of imidazole rings is 1. The van der Waals surface area contributed by atoms with Crippen molar-refractivity contribution in [2.24, 2.45) is 5.41 Å². The third-order valence-corrected chi connectivity index (χ3v) is 14.0. The molecule has 6 heterocycles. The number of hydrogen-bond donors (Lipinski definition) is 1. The summed E-state index contributed by atoms with van der Waals surface area (Å²) in [6.07, 6.45) is 12.2. The highest BCUT2D eigenvalue weighted by Crippen LogP contribution is 2.52. The second-order valence-electron chi connectivity index (χ2n) is 19.6. The van der Waals surface area contributed by atoms with Gasteiger partial charge in [0.1, 0.15) is 11.1 Å². The number of carbonyl (C=O) groups is 3. The zero-order chi connectivity index (χ0) is 39.9. The second kappa shape index (κ2) is 14.3. The van der Waals surface area contributed by atoms with E-state index in [0.29, 0.717) is 63.9 Å². The molecule has 1 spiro atoms. The molecule has 3 aromatic rings. The molecule has 0 atom stereocenters. The number of ether oxygens (including phenoxy) is 1. The molecule has 0 unspecified atom stereocenters. The van der Waals surface area contributed by atoms with E-state index in [-0.39, 0.29) is 30.0 Å². The summed E-state index contributed by atoms with van der Waals surface area (Å²) in [6.45, 7) is 16.4. The Morgan fingerprint density at radius 3 is 2.23 bits per heavy atom. The summed E-state index contributed by atoms with van der Waals surface area (Å²) in [4.78, 5) is 60.7. The van der Waals surface area contributed by atoms with Crippen LogP contribution in [0, 0.1) is 5.41 Å². The van der Waals surface area contributed by atoms with Gasteiger partial charge in [0.15, 0.2) is 5.82 Å². The molecule has 0 radical (unpaired) electrons. The van der Waals surface area contributed by atoms with E-state index in [1.807, 2.05) is 38.9 Å². The zero-order valence-electron chi connectivity index (χ0n) is 35.0. The molecule has 306 valence electrons. The van der Waals surface area contributed by atoms with Gasteiger partial charge in [-0.25, -0.2) is 14.8 Å². The van der Waals surface area contributed by atoms with Crippen LogP contribution < -0.4 is 10.2 Å². The van der Waals surface area contributed by atoms with Gasteiger partial charge in [-0.15, -0.1) is 0 Å². The summed E-state index contributed by atoms with van der Waals surface area (Å²) in [5.74, 6) is 1.22. The average Bonchev–Trinajstić information content (AvgIpc) is 3.83. The van der Waals surface area contributed by atoms with Crippen molar-refractivity contribution < 1.29 is 19.1 Å². The summed E-state index contributed by atoms with van der Waals surface area (Å²) in [7, 11) is 0. The van der Waals surface area contributed by atoms with Gasteiger partial charge in [-0.3, -0.25) is 9.59 Å². The number of amides is 3. The van der Waals surface area contributed by atoms with Crippen molar-refractivity contribution in [3.8, 4) is 11.3 Å². The Bertz CT molecular complexity index is 2040. The lowest BCUT2D eigenvalue weighted by atomic mass is 9.72. The Morgan fingerprint density at radius 2 is 1.58 bits per heavy atom. The largest absolute Gasteiger partial charge is 0.444 e. The molecule has 1 aromatic carbocycles. The van der Waals surface area contributed by atoms with Crippen molar-refractivity contribution in [2.45, 2.75) is 147 Å². The van der Waals surface area contributed by atoms with E-state index in [0.717, 1.165) is 78.1 Å². The first-order valence-corrected chi connectivity index (χ1v) is 21.9. The zero-order valence-corrected chi connectivity index (χ0v) is 35.0. The number of fused-ring (bicyclic) bond motifs is 3. The minimum Gasteiger partial charge on any atom is -0.444 e. The monoisotopic (exact) mass is 778 g/mol. The highest BCUT2D eigenvalue weighted by Gasteiger charge is 2.56. The quantitative estimate of drug-likeness (QED) is 0.262. The molecule has 1 N–H and O–H groups in total. The van der Waals surface area contributed by atoms with Crippen molar-refractivity contribution in [1.29, 1.82) is 0 Å². The van der Waals surface area contributed by atoms with Crippen molar-refractivity contribution in [1.82, 2.24) is 29.2 Å². The standard InChI is InChI=1S/C45H62N8O4/c1-29(2)52-28-46-36-27-35(48-39(38(36)52)47-31-11-12-31)30-10-13-34-37(24-30)53(33-25-32(26-33)49-18-8-7-9-19-49)41(55)45(34)16-22-50(23-17-45)40(54)44(6)14-20-51(21-15-44)42(56)57-43(3,4)5/h10,13,24,27-29,31-33H,7-9,11-12,14-23,25-26H2,1-6H3,(H,47,48). The number of hydrogen-bond acceptors (Lipinski definition) is 8. The summed E-state index contributed by atoms with van der Waals surface area (Å²) in [6, 6.07) is 10.1. The summed E-state index contributed by atoms with van der Waals surface area (Å²) in [5.41, 5.74) is 4.17. The van der Waals surface area contributed by atoms with Crippen LogP contribution in [0.1, 0.15) is 124 Å². The average molecular weight is 779 g/mol. The predicted octanol–water partition coefficient (Wildman–Crippen LogP) is 7.51. The fourth-order valence-corrected chi connectivity index (χ4v) is 10.3. The number of nitrogens with one attached hydrogen (secondary N) is 1. The van der Waals surface area contributed by atoms with E-state index in [2.05, 4.69) is 57.8 Å². The lowest BCUT2D eigenvalue weighted by Gasteiger charge is -2.48. The van der Waals surface area contributed by atoms with Crippen LogP contribution in [0.4, 0.5) is 16.3 Å². The number of piperidine rings is 3. The first-order valence-electron chi connectivity index (χ1n) is 21.9. The first kappa shape index (κ1) is 38.3. The van der Waals surface area contributed by atoms with Crippen LogP contribution in [0.2, 0.25) is 0 Å². The first-order chi connectivity index (χ1) is 27.2. The fourth-order valence-electron chi connectivity index (χ4n) is 10.3. The van der Waals surface area contributed by atoms with Crippen molar-refractivity contribution in [3.05, 3.63) is 36.2 Å². The highest BCUT2D eigenvalue weighted by molar-refractivity contribution is 6.09. The van der Waals surface area contributed by atoms with E-state index in [9.17, 15) is 9.59 Å². The van der Waals surface area contributed by atoms with Gasteiger partial charge in [0.05, 0.1) is 23.0 Å². The molecule has 0 bridgehead atoms. The molecule has 6 aliphatic rings. The van der Waals surface area contributed by atoms with E-state index in [1.165, 1.54) is 19.3 Å². The molecule has 3 amide bonds. The third kappa shape index (κ3) is 6.97. The van der Waals surface area contributed by atoms with Crippen LogP contribution in [-0.2, 0) is 19.7 Å². The van der Waals surface area contributed by atoms with Crippen LogP contribution in [0.25, 0.3) is 22.3 Å². The predicted molar refractivity (Wildman–Crippen MR) is 222 cm³/mol. The summed E-state index contributed by atoms with van der Waals surface area (Å²) in [5, 5.41) is 3.70. The third-order valence-electron chi connectivity index (χ3n) is 14.0. The van der Waals surface area contributed by atoms with Gasteiger partial charge in [0.25, 0.3) is 0 Å². The highest BCUT2D eigenvalue weighted by atomic mass is 16.6. The van der Waals surface area contributed by atoms with Gasteiger partial charge in [-0.05, 0) is 130 Å². The van der Waals surface area contributed by atoms with Crippen LogP contribution in [-0.4, -0.2) is 110 Å². The number of anilines is 2. The molecule has 12 heteroatoms. The molecular weight excluding hydrogens is 717 g/mol. The smallest absolute Gasteiger partial charge is 0.410 e. The molecule has 4 aliphatic heterocycles. The van der Waals surface area contributed by atoms with Crippen LogP contribution in [0.3, 0.4) is 0 Å². The Kier molecular flexibility index (Phi) is 9.60. The number of pyridine rings is 1. The van der Waals surface area contributed by atoms with E-state index >= 15 is 4.79 Å². The van der Waals surface area contributed by atoms with Crippen molar-refractivity contribution >= 4 is 40.4 Å². The maximum atomic E-state index is 15.1. The maximum absolute atomic E-state index is 15.1. The van der Waals surface area contributed by atoms with E-state index < -0.39 is 16.4 Å². The van der Waals surface area contributed by atoms with Crippen molar-refractivity contribution in [3.63, 3.8) is 0 Å². The Labute approximate surface area is 337 Å². The SMILES string of the molecule is CC(C)n1cnc2cc(-c3ccc4c(c3)N(C3CC(N5CCCCC5)C3)C(=O)C43CCN(C(=O)C4(C)CCN(C(=O)OC(C)(C)C)CC4)CC3)nc(NC3CC3)c21. The Hall–Kier alpha value is -4.19. The number of carbonyl (C=O) groups excluding carboxylic acids is 3. The summed E-state index contributed by atoms with van der Waals surface area (Å²) < 4.78 is 7.81. The van der Waals surface area contributed by atoms with Gasteiger partial charge in [-0.1, -0.05) is 25.5 Å². The normalized spacial score (nSPS) is 24.9. The Balaban J connectivity index is 0.982. The number of benzene rings is 1. The molecule has 12 nitrogen and oxygen atoms in total. The lowest BCUT2D eigenvalue weighted by Crippen LogP contribution is -2.59. The molecule has 2 aliphatic carbocycles. The molecular formula is C45H62N8O4. The van der Waals surface area contributed by atoms with Gasteiger partial charge >= 0.3 is 6.09 Å². The minimum atomic E-state index is -0.659. The van der Waals surface area contributed by atoms with Crippen LogP contribution in [0.5, 0.6) is 0 Å². The number of aromatic nitrogens is 3. The van der Waals surface area contributed by atoms with Crippen LogP contribution in [0.15, 0.2) is 30.6 Å². The Morgan fingerprint density at radius 1 is 0.895 bits per heavy atom. The van der Waals surface area contributed by atoms with E-state index in [1.54, 1.807) is 4.90 Å². The molecule has 9 rings (SSSR count). The van der Waals surface area contributed by atoms with Crippen LogP contribution >= 0.6 is 0 Å². The molecule has 2 saturated carbocycles.